The van der Waals surface area contributed by atoms with Crippen LogP contribution in [0.4, 0.5) is 0 Å². The molecule has 0 bridgehead atoms. The smallest absolute Gasteiger partial charge is 0.326 e. The van der Waals surface area contributed by atoms with Gasteiger partial charge in [-0.15, -0.1) is 0 Å². The molecule has 0 amide bonds. The molecular formula is C14H23N3O2S. The van der Waals surface area contributed by atoms with Gasteiger partial charge in [0.05, 0.1) is 6.61 Å². The van der Waals surface area contributed by atoms with Crippen molar-refractivity contribution in [1.82, 2.24) is 15.3 Å². The number of aryl methyl sites for hydroxylation is 1. The number of nitrogens with zero attached hydrogens (tertiary/aromatic N) is 2. The minimum Gasteiger partial charge on any atom is -0.465 e. The Morgan fingerprint density at radius 3 is 2.90 bits per heavy atom. The zero-order valence-electron chi connectivity index (χ0n) is 12.6. The number of thioether (sulfide) groups is 1. The van der Waals surface area contributed by atoms with Crippen LogP contribution in [0.1, 0.15) is 32.4 Å². The molecule has 1 atom stereocenters. The van der Waals surface area contributed by atoms with E-state index in [2.05, 4.69) is 15.3 Å². The fourth-order valence-electron chi connectivity index (χ4n) is 1.70. The molecule has 1 rings (SSSR count). The number of carbonyl (C=O) groups is 1. The van der Waals surface area contributed by atoms with Gasteiger partial charge < -0.3 is 10.1 Å². The van der Waals surface area contributed by atoms with Crippen LogP contribution in [0, 0.1) is 6.92 Å². The van der Waals surface area contributed by atoms with Crippen LogP contribution in [0.2, 0.25) is 0 Å². The zero-order valence-corrected chi connectivity index (χ0v) is 13.4. The maximum Gasteiger partial charge on any atom is 0.326 e. The Kier molecular flexibility index (Phi) is 6.95. The predicted molar refractivity (Wildman–Crippen MR) is 80.8 cm³/mol. The molecule has 0 aromatic carbocycles. The Labute approximate surface area is 124 Å². The molecule has 0 spiro atoms. The second-order valence-corrected chi connectivity index (χ2v) is 5.80. The summed E-state index contributed by atoms with van der Waals surface area (Å²) in [7, 11) is 1.79. The quantitative estimate of drug-likeness (QED) is 0.343. The molecule has 0 aliphatic heterocycles. The standard InChI is InChI=1S/C14H23N3O2S/c1-5-19-12(18)14(3,15-4)8-6-10-20-13-16-9-7-11(2)17-13/h7,9,15H,5-6,8,10H2,1-4H3. The lowest BCUT2D eigenvalue weighted by Crippen LogP contribution is -2.48. The Morgan fingerprint density at radius 1 is 1.55 bits per heavy atom. The third-order valence-corrected chi connectivity index (χ3v) is 4.05. The van der Waals surface area contributed by atoms with Crippen molar-refractivity contribution >= 4 is 17.7 Å². The van der Waals surface area contributed by atoms with Gasteiger partial charge in [-0.25, -0.2) is 9.97 Å². The first-order valence-corrected chi connectivity index (χ1v) is 7.79. The maximum atomic E-state index is 11.9. The molecule has 20 heavy (non-hydrogen) atoms. The molecule has 1 N–H and O–H groups in total. The molecule has 112 valence electrons. The maximum absolute atomic E-state index is 11.9. The van der Waals surface area contributed by atoms with Crippen molar-refractivity contribution in [3.63, 3.8) is 0 Å². The van der Waals surface area contributed by atoms with Gasteiger partial charge in [-0.1, -0.05) is 11.8 Å². The molecular weight excluding hydrogens is 274 g/mol. The lowest BCUT2D eigenvalue weighted by Gasteiger charge is -2.26. The number of likely N-dealkylation sites (N-methyl/N-ethyl adjacent to an activating group) is 1. The van der Waals surface area contributed by atoms with Gasteiger partial charge in [-0.05, 0) is 46.7 Å². The monoisotopic (exact) mass is 297 g/mol. The first kappa shape index (κ1) is 16.9. The van der Waals surface area contributed by atoms with E-state index in [0.717, 1.165) is 29.4 Å². The summed E-state index contributed by atoms with van der Waals surface area (Å²) in [6, 6.07) is 1.88. The van der Waals surface area contributed by atoms with Crippen molar-refractivity contribution in [2.75, 3.05) is 19.4 Å². The highest BCUT2D eigenvalue weighted by molar-refractivity contribution is 7.99. The Morgan fingerprint density at radius 2 is 2.30 bits per heavy atom. The van der Waals surface area contributed by atoms with Crippen LogP contribution in [0.3, 0.4) is 0 Å². The molecule has 1 aromatic rings. The van der Waals surface area contributed by atoms with Crippen LogP contribution in [0.15, 0.2) is 17.4 Å². The molecule has 0 fully saturated rings. The van der Waals surface area contributed by atoms with E-state index < -0.39 is 5.54 Å². The predicted octanol–water partition coefficient (Wildman–Crippen LogP) is 2.20. The molecule has 0 aliphatic carbocycles. The number of aromatic nitrogens is 2. The summed E-state index contributed by atoms with van der Waals surface area (Å²) in [6.07, 6.45) is 3.38. The molecule has 1 heterocycles. The third kappa shape index (κ3) is 5.09. The van der Waals surface area contributed by atoms with E-state index in [9.17, 15) is 4.79 Å². The van der Waals surface area contributed by atoms with Gasteiger partial charge in [0.1, 0.15) is 5.54 Å². The summed E-state index contributed by atoms with van der Waals surface area (Å²) in [5.74, 6) is 0.680. The van der Waals surface area contributed by atoms with Crippen LogP contribution in [-0.2, 0) is 9.53 Å². The van der Waals surface area contributed by atoms with Crippen LogP contribution in [0.5, 0.6) is 0 Å². The molecule has 6 heteroatoms. The number of nitrogens with one attached hydrogen (secondary N) is 1. The Balaban J connectivity index is 2.40. The lowest BCUT2D eigenvalue weighted by molar-refractivity contribution is -0.150. The molecule has 1 unspecified atom stereocenters. The summed E-state index contributed by atoms with van der Waals surface area (Å²) < 4.78 is 5.10. The molecule has 0 radical (unpaired) electrons. The average Bonchev–Trinajstić information content (AvgIpc) is 2.43. The lowest BCUT2D eigenvalue weighted by atomic mass is 9.97. The van der Waals surface area contributed by atoms with Gasteiger partial charge >= 0.3 is 5.97 Å². The number of esters is 1. The largest absolute Gasteiger partial charge is 0.465 e. The van der Waals surface area contributed by atoms with E-state index in [1.54, 1.807) is 25.0 Å². The summed E-state index contributed by atoms with van der Waals surface area (Å²) in [5, 5.41) is 3.84. The van der Waals surface area contributed by atoms with E-state index in [0.29, 0.717) is 6.61 Å². The molecule has 1 aromatic heterocycles. The van der Waals surface area contributed by atoms with E-state index >= 15 is 0 Å². The highest BCUT2D eigenvalue weighted by Gasteiger charge is 2.32. The first-order valence-electron chi connectivity index (χ1n) is 6.80. The minimum absolute atomic E-state index is 0.195. The van der Waals surface area contributed by atoms with Gasteiger partial charge in [0.15, 0.2) is 5.16 Å². The van der Waals surface area contributed by atoms with Gasteiger partial charge in [0, 0.05) is 17.6 Å². The molecule has 5 nitrogen and oxygen atoms in total. The average molecular weight is 297 g/mol. The SMILES string of the molecule is CCOC(=O)C(C)(CCCSc1nccc(C)n1)NC. The fourth-order valence-corrected chi connectivity index (χ4v) is 2.52. The van der Waals surface area contributed by atoms with Crippen molar-refractivity contribution in [2.24, 2.45) is 0 Å². The fraction of sp³-hybridized carbons (Fsp3) is 0.643. The van der Waals surface area contributed by atoms with Crippen LogP contribution in [0.25, 0.3) is 0 Å². The highest BCUT2D eigenvalue weighted by Crippen LogP contribution is 2.19. The normalized spacial score (nSPS) is 13.8. The van der Waals surface area contributed by atoms with Crippen LogP contribution >= 0.6 is 11.8 Å². The van der Waals surface area contributed by atoms with Crippen molar-refractivity contribution in [3.05, 3.63) is 18.0 Å². The molecule has 0 aliphatic rings. The zero-order chi connectivity index (χ0) is 15.0. The van der Waals surface area contributed by atoms with E-state index in [-0.39, 0.29) is 5.97 Å². The van der Waals surface area contributed by atoms with Crippen molar-refractivity contribution < 1.29 is 9.53 Å². The summed E-state index contributed by atoms with van der Waals surface area (Å²) in [4.78, 5) is 20.4. The minimum atomic E-state index is -0.621. The number of hydrogen-bond acceptors (Lipinski definition) is 6. The van der Waals surface area contributed by atoms with Crippen molar-refractivity contribution in [3.8, 4) is 0 Å². The van der Waals surface area contributed by atoms with E-state index in [1.807, 2.05) is 26.8 Å². The van der Waals surface area contributed by atoms with E-state index in [4.69, 9.17) is 4.74 Å². The summed E-state index contributed by atoms with van der Waals surface area (Å²) in [6.45, 7) is 6.05. The van der Waals surface area contributed by atoms with Crippen molar-refractivity contribution in [1.29, 1.82) is 0 Å². The van der Waals surface area contributed by atoms with Gasteiger partial charge in [0.2, 0.25) is 0 Å². The Hall–Kier alpha value is -1.14. The van der Waals surface area contributed by atoms with Gasteiger partial charge in [-0.2, -0.15) is 0 Å². The van der Waals surface area contributed by atoms with Crippen molar-refractivity contribution in [2.45, 2.75) is 44.3 Å². The number of ether oxygens (including phenoxy) is 1. The Bertz CT molecular complexity index is 442. The highest BCUT2D eigenvalue weighted by atomic mass is 32.2. The third-order valence-electron chi connectivity index (χ3n) is 3.10. The first-order chi connectivity index (χ1) is 9.51. The molecule has 0 saturated heterocycles. The van der Waals surface area contributed by atoms with Crippen LogP contribution in [-0.4, -0.2) is 40.9 Å². The number of rotatable bonds is 8. The van der Waals surface area contributed by atoms with E-state index in [1.165, 1.54) is 0 Å². The topological polar surface area (TPSA) is 64.1 Å². The number of hydrogen-bond donors (Lipinski definition) is 1. The summed E-state index contributed by atoms with van der Waals surface area (Å²) >= 11 is 1.61. The molecule has 0 saturated carbocycles. The van der Waals surface area contributed by atoms with Crippen LogP contribution < -0.4 is 5.32 Å². The number of carbonyl (C=O) groups excluding carboxylic acids is 1. The second kappa shape index (κ2) is 8.21. The second-order valence-electron chi connectivity index (χ2n) is 4.74. The summed E-state index contributed by atoms with van der Waals surface area (Å²) in [5.41, 5.74) is 0.346. The van der Waals surface area contributed by atoms with Gasteiger partial charge in [0.25, 0.3) is 0 Å². The van der Waals surface area contributed by atoms with Gasteiger partial charge in [-0.3, -0.25) is 4.79 Å².